The molecule has 1 saturated heterocycles. The molecule has 1 atom stereocenters. The molecule has 0 saturated carbocycles. The largest absolute Gasteiger partial charge is 0.478 e. The minimum Gasteiger partial charge on any atom is -0.478 e. The second-order valence-corrected chi connectivity index (χ2v) is 6.35. The smallest absolute Gasteiger partial charge is 0.335 e. The lowest BCUT2D eigenvalue weighted by molar-refractivity contribution is 0.0695. The summed E-state index contributed by atoms with van der Waals surface area (Å²) in [5.41, 5.74) is 2.20. The number of carbonyl (C=O) groups is 1. The fourth-order valence-electron chi connectivity index (χ4n) is 3.50. The van der Waals surface area contributed by atoms with Crippen molar-refractivity contribution in [3.05, 3.63) is 65.5 Å². The normalized spacial score (nSPS) is 17.8. The molecule has 3 heterocycles. The van der Waals surface area contributed by atoms with Crippen LogP contribution in [0.5, 0.6) is 0 Å². The Morgan fingerprint density at radius 1 is 1.28 bits per heavy atom. The number of hydrogen-bond acceptors (Lipinski definition) is 4. The van der Waals surface area contributed by atoms with Crippen LogP contribution in [-0.2, 0) is 6.54 Å². The standard InChI is InChI=1S/C19H19N3O3/c23-19(24)16-4-2-1-3-15(16)13-8-10-22(11-13)12-14-5-6-18(25-14)17-7-9-20-21-17/h1-7,9,13H,8,10-12H2,(H,20,21)(H,23,24)/t13-/m0/s1. The molecule has 2 aromatic heterocycles. The first-order valence-electron chi connectivity index (χ1n) is 8.34. The molecule has 0 amide bonds. The third-order valence-corrected chi connectivity index (χ3v) is 4.71. The Balaban J connectivity index is 1.44. The molecule has 1 aromatic carbocycles. The van der Waals surface area contributed by atoms with Crippen molar-refractivity contribution >= 4 is 5.97 Å². The van der Waals surface area contributed by atoms with E-state index in [-0.39, 0.29) is 5.92 Å². The first-order valence-corrected chi connectivity index (χ1v) is 8.34. The van der Waals surface area contributed by atoms with E-state index >= 15 is 0 Å². The van der Waals surface area contributed by atoms with Gasteiger partial charge in [0.15, 0.2) is 5.76 Å². The van der Waals surface area contributed by atoms with Gasteiger partial charge in [0.25, 0.3) is 0 Å². The first-order chi connectivity index (χ1) is 12.2. The monoisotopic (exact) mass is 337 g/mol. The van der Waals surface area contributed by atoms with Gasteiger partial charge in [0.2, 0.25) is 0 Å². The molecule has 6 heteroatoms. The molecule has 0 spiro atoms. The molecule has 128 valence electrons. The number of aromatic nitrogens is 2. The summed E-state index contributed by atoms with van der Waals surface area (Å²) >= 11 is 0. The average molecular weight is 337 g/mol. The topological polar surface area (TPSA) is 82.4 Å². The van der Waals surface area contributed by atoms with Crippen LogP contribution in [-0.4, -0.2) is 39.3 Å². The number of rotatable bonds is 5. The molecule has 3 aromatic rings. The van der Waals surface area contributed by atoms with Crippen molar-refractivity contribution in [3.63, 3.8) is 0 Å². The summed E-state index contributed by atoms with van der Waals surface area (Å²) in [6.45, 7) is 2.49. The van der Waals surface area contributed by atoms with Crippen molar-refractivity contribution in [1.82, 2.24) is 15.1 Å². The number of benzene rings is 1. The molecule has 6 nitrogen and oxygen atoms in total. The molecule has 1 aliphatic heterocycles. The van der Waals surface area contributed by atoms with E-state index in [4.69, 9.17) is 4.42 Å². The predicted molar refractivity (Wildman–Crippen MR) is 92.3 cm³/mol. The molecule has 4 rings (SSSR count). The lowest BCUT2D eigenvalue weighted by atomic mass is 9.93. The van der Waals surface area contributed by atoms with Crippen molar-refractivity contribution in [2.24, 2.45) is 0 Å². The third kappa shape index (κ3) is 3.21. The second-order valence-electron chi connectivity index (χ2n) is 6.35. The van der Waals surface area contributed by atoms with E-state index in [0.29, 0.717) is 5.56 Å². The summed E-state index contributed by atoms with van der Waals surface area (Å²) in [5.74, 6) is 1.06. The minimum atomic E-state index is -0.857. The number of hydrogen-bond donors (Lipinski definition) is 2. The van der Waals surface area contributed by atoms with Crippen molar-refractivity contribution in [2.75, 3.05) is 13.1 Å². The molecule has 0 bridgehead atoms. The van der Waals surface area contributed by atoms with Gasteiger partial charge < -0.3 is 9.52 Å². The Morgan fingerprint density at radius 2 is 2.16 bits per heavy atom. The highest BCUT2D eigenvalue weighted by Gasteiger charge is 2.27. The zero-order valence-corrected chi connectivity index (χ0v) is 13.7. The maximum Gasteiger partial charge on any atom is 0.335 e. The highest BCUT2D eigenvalue weighted by atomic mass is 16.4. The van der Waals surface area contributed by atoms with Crippen molar-refractivity contribution in [1.29, 1.82) is 0 Å². The molecule has 2 N–H and O–H groups in total. The van der Waals surface area contributed by atoms with Crippen LogP contribution in [0, 0.1) is 0 Å². The summed E-state index contributed by atoms with van der Waals surface area (Å²) in [6, 6.07) is 13.1. The van der Waals surface area contributed by atoms with Gasteiger partial charge in [-0.25, -0.2) is 4.79 Å². The second kappa shape index (κ2) is 6.57. The number of aromatic amines is 1. The Bertz CT molecular complexity index is 870. The van der Waals surface area contributed by atoms with Crippen LogP contribution in [0.1, 0.15) is 34.0 Å². The maximum atomic E-state index is 11.4. The predicted octanol–water partition coefficient (Wildman–Crippen LogP) is 3.36. The number of furan rings is 1. The molecule has 25 heavy (non-hydrogen) atoms. The quantitative estimate of drug-likeness (QED) is 0.746. The van der Waals surface area contributed by atoms with Crippen molar-refractivity contribution < 1.29 is 14.3 Å². The molecule has 0 aliphatic carbocycles. The fraction of sp³-hybridized carbons (Fsp3) is 0.263. The third-order valence-electron chi connectivity index (χ3n) is 4.71. The molecule has 1 aliphatic rings. The van der Waals surface area contributed by atoms with E-state index in [9.17, 15) is 9.90 Å². The van der Waals surface area contributed by atoms with Gasteiger partial charge in [0.1, 0.15) is 11.5 Å². The van der Waals surface area contributed by atoms with Gasteiger partial charge >= 0.3 is 5.97 Å². The number of carboxylic acids is 1. The lowest BCUT2D eigenvalue weighted by Gasteiger charge is -2.16. The summed E-state index contributed by atoms with van der Waals surface area (Å²) in [7, 11) is 0. The zero-order valence-electron chi connectivity index (χ0n) is 13.7. The Morgan fingerprint density at radius 3 is 2.96 bits per heavy atom. The molecule has 1 fully saturated rings. The Labute approximate surface area is 145 Å². The number of nitrogens with zero attached hydrogens (tertiary/aromatic N) is 2. The maximum absolute atomic E-state index is 11.4. The van der Waals surface area contributed by atoms with Gasteiger partial charge in [0.05, 0.1) is 12.1 Å². The Kier molecular flexibility index (Phi) is 4.11. The zero-order chi connectivity index (χ0) is 17.2. The van der Waals surface area contributed by atoms with Crippen LogP contribution in [0.15, 0.2) is 53.1 Å². The van der Waals surface area contributed by atoms with Crippen LogP contribution in [0.2, 0.25) is 0 Å². The lowest BCUT2D eigenvalue weighted by Crippen LogP contribution is -2.19. The number of aromatic carboxylic acids is 1. The highest BCUT2D eigenvalue weighted by molar-refractivity contribution is 5.89. The molecule has 0 radical (unpaired) electrons. The number of H-pyrrole nitrogens is 1. The van der Waals surface area contributed by atoms with E-state index < -0.39 is 5.97 Å². The van der Waals surface area contributed by atoms with E-state index in [1.54, 1.807) is 18.3 Å². The summed E-state index contributed by atoms with van der Waals surface area (Å²) in [6.07, 6.45) is 2.65. The van der Waals surface area contributed by atoms with Crippen molar-refractivity contribution in [3.8, 4) is 11.5 Å². The van der Waals surface area contributed by atoms with E-state index in [1.807, 2.05) is 30.3 Å². The minimum absolute atomic E-state index is 0.245. The summed E-state index contributed by atoms with van der Waals surface area (Å²) < 4.78 is 5.89. The summed E-state index contributed by atoms with van der Waals surface area (Å²) in [5, 5.41) is 16.2. The average Bonchev–Trinajstić information content (AvgIpc) is 3.36. The van der Waals surface area contributed by atoms with Gasteiger partial charge in [-0.3, -0.25) is 10.00 Å². The van der Waals surface area contributed by atoms with Gasteiger partial charge in [-0.15, -0.1) is 0 Å². The SMILES string of the molecule is O=C(O)c1ccccc1[C@H]1CCN(Cc2ccc(-c3ccn[nH]3)o2)C1. The van der Waals surface area contributed by atoms with Crippen LogP contribution < -0.4 is 0 Å². The van der Waals surface area contributed by atoms with Gasteiger partial charge in [-0.2, -0.15) is 5.10 Å². The van der Waals surface area contributed by atoms with Crippen LogP contribution >= 0.6 is 0 Å². The van der Waals surface area contributed by atoms with Gasteiger partial charge in [0, 0.05) is 12.7 Å². The molecular weight excluding hydrogens is 318 g/mol. The Hall–Kier alpha value is -2.86. The number of carboxylic acid groups (broad SMARTS) is 1. The van der Waals surface area contributed by atoms with Crippen molar-refractivity contribution in [2.45, 2.75) is 18.9 Å². The summed E-state index contributed by atoms with van der Waals surface area (Å²) in [4.78, 5) is 13.7. The van der Waals surface area contributed by atoms with Gasteiger partial charge in [-0.05, 0) is 48.7 Å². The van der Waals surface area contributed by atoms with E-state index in [1.165, 1.54) is 0 Å². The number of nitrogens with one attached hydrogen (secondary N) is 1. The first kappa shape index (κ1) is 15.7. The highest BCUT2D eigenvalue weighted by Crippen LogP contribution is 2.31. The number of likely N-dealkylation sites (tertiary alicyclic amines) is 1. The molecular formula is C19H19N3O3. The molecule has 0 unspecified atom stereocenters. The van der Waals surface area contributed by atoms with Crippen LogP contribution in [0.25, 0.3) is 11.5 Å². The van der Waals surface area contributed by atoms with Gasteiger partial charge in [-0.1, -0.05) is 18.2 Å². The van der Waals surface area contributed by atoms with E-state index in [0.717, 1.165) is 48.8 Å². The fourth-order valence-corrected chi connectivity index (χ4v) is 3.50. The van der Waals surface area contributed by atoms with E-state index in [2.05, 4.69) is 15.1 Å². The van der Waals surface area contributed by atoms with Crippen LogP contribution in [0.3, 0.4) is 0 Å². The van der Waals surface area contributed by atoms with Crippen LogP contribution in [0.4, 0.5) is 0 Å².